The number of hydrogen-bond donors (Lipinski definition) is 0. The van der Waals surface area contributed by atoms with Crippen molar-refractivity contribution in [2.24, 2.45) is 0 Å². The molecule has 3 nitrogen and oxygen atoms in total. The fraction of sp³-hybridized carbons (Fsp3) is 0. The molecule has 13 aromatic rings. The summed E-state index contributed by atoms with van der Waals surface area (Å²) in [4.78, 5) is 0. The minimum Gasteiger partial charge on any atom is -0.309 e. The predicted octanol–water partition coefficient (Wildman–Crippen LogP) is 15.0. The van der Waals surface area contributed by atoms with Gasteiger partial charge in [-0.2, -0.15) is 0 Å². The van der Waals surface area contributed by atoms with E-state index >= 15 is 0 Å². The molecule has 4 heteroatoms. The van der Waals surface area contributed by atoms with E-state index in [4.69, 9.17) is 0 Å². The largest absolute Gasteiger partial charge is 0.309 e. The Bertz CT molecular complexity index is 3520. The molecule has 0 spiro atoms. The molecule has 0 amide bonds. The summed E-state index contributed by atoms with van der Waals surface area (Å²) >= 11 is 1.87. The van der Waals surface area contributed by atoms with Gasteiger partial charge in [-0.1, -0.05) is 109 Å². The first-order valence-electron chi connectivity index (χ1n) is 19.8. The zero-order chi connectivity index (χ0) is 37.9. The molecule has 270 valence electrons. The van der Waals surface area contributed by atoms with Crippen molar-refractivity contribution in [3.63, 3.8) is 0 Å². The number of benzene rings is 9. The molecule has 0 radical (unpaired) electrons. The second-order valence-electron chi connectivity index (χ2n) is 15.3. The van der Waals surface area contributed by atoms with Crippen LogP contribution in [0.25, 0.3) is 114 Å². The highest BCUT2D eigenvalue weighted by atomic mass is 32.1. The maximum atomic E-state index is 2.47. The van der Waals surface area contributed by atoms with E-state index in [1.165, 1.54) is 96.7 Å². The van der Waals surface area contributed by atoms with E-state index in [1.807, 2.05) is 11.3 Å². The molecule has 0 aliphatic heterocycles. The summed E-state index contributed by atoms with van der Waals surface area (Å²) in [5.74, 6) is 0. The average molecular weight is 756 g/mol. The van der Waals surface area contributed by atoms with Gasteiger partial charge >= 0.3 is 0 Å². The lowest BCUT2D eigenvalue weighted by Crippen LogP contribution is -1.96. The van der Waals surface area contributed by atoms with Crippen molar-refractivity contribution >= 4 is 96.9 Å². The maximum absolute atomic E-state index is 2.47. The Morgan fingerprint density at radius 2 is 0.603 bits per heavy atom. The van der Waals surface area contributed by atoms with Crippen molar-refractivity contribution in [1.82, 2.24) is 13.7 Å². The summed E-state index contributed by atoms with van der Waals surface area (Å²) in [6.07, 6.45) is 0. The monoisotopic (exact) mass is 755 g/mol. The van der Waals surface area contributed by atoms with E-state index in [0.717, 1.165) is 17.1 Å². The van der Waals surface area contributed by atoms with Crippen LogP contribution in [0.2, 0.25) is 0 Å². The molecule has 4 aromatic heterocycles. The number of para-hydroxylation sites is 4. The molecule has 58 heavy (non-hydrogen) atoms. The highest BCUT2D eigenvalue weighted by molar-refractivity contribution is 7.25. The van der Waals surface area contributed by atoms with Gasteiger partial charge in [0.15, 0.2) is 0 Å². The molecule has 0 atom stereocenters. The minimum atomic E-state index is 1.15. The number of hydrogen-bond acceptors (Lipinski definition) is 1. The molecule has 0 aliphatic rings. The van der Waals surface area contributed by atoms with Crippen LogP contribution in [-0.4, -0.2) is 13.7 Å². The molecule has 0 unspecified atom stereocenters. The fourth-order valence-corrected chi connectivity index (χ4v) is 10.7. The van der Waals surface area contributed by atoms with Crippen molar-refractivity contribution in [1.29, 1.82) is 0 Å². The second-order valence-corrected chi connectivity index (χ2v) is 16.4. The van der Waals surface area contributed by atoms with Gasteiger partial charge in [-0.3, -0.25) is 0 Å². The van der Waals surface area contributed by atoms with Crippen molar-refractivity contribution in [2.75, 3.05) is 0 Å². The number of fused-ring (bicyclic) bond motifs is 12. The second kappa shape index (κ2) is 12.1. The van der Waals surface area contributed by atoms with E-state index in [9.17, 15) is 0 Å². The van der Waals surface area contributed by atoms with Gasteiger partial charge in [0, 0.05) is 69.6 Å². The first-order chi connectivity index (χ1) is 28.8. The maximum Gasteiger partial charge on any atom is 0.0542 e. The van der Waals surface area contributed by atoms with Crippen molar-refractivity contribution < 1.29 is 0 Å². The lowest BCUT2D eigenvalue weighted by Gasteiger charge is -2.11. The number of rotatable bonds is 4. The van der Waals surface area contributed by atoms with E-state index in [0.29, 0.717) is 0 Å². The SMILES string of the molecule is c1ccc(-c2ccc3sc4ccc(-n5c6ccc(-n7c8ccccc8c8ccccc87)cc6c6cc(-n7c8ccccc8c8ccccc87)ccc65)cc4c3c2)cc1. The fourth-order valence-electron chi connectivity index (χ4n) is 9.67. The number of nitrogens with zero attached hydrogens (tertiary/aromatic N) is 3. The van der Waals surface area contributed by atoms with Gasteiger partial charge in [-0.25, -0.2) is 0 Å². The minimum absolute atomic E-state index is 1.15. The smallest absolute Gasteiger partial charge is 0.0542 e. The topological polar surface area (TPSA) is 14.8 Å². The summed E-state index contributed by atoms with van der Waals surface area (Å²) in [5.41, 5.74) is 13.1. The summed E-state index contributed by atoms with van der Waals surface area (Å²) < 4.78 is 9.93. The Labute approximate surface area is 337 Å². The Hall–Kier alpha value is -7.40. The summed E-state index contributed by atoms with van der Waals surface area (Å²) in [6.45, 7) is 0. The van der Waals surface area contributed by atoms with Gasteiger partial charge in [0.05, 0.1) is 33.1 Å². The number of aromatic nitrogens is 3. The van der Waals surface area contributed by atoms with Crippen LogP contribution in [0.15, 0.2) is 200 Å². The zero-order valence-corrected chi connectivity index (χ0v) is 32.1. The third-order valence-corrected chi connectivity index (χ3v) is 13.4. The van der Waals surface area contributed by atoms with Gasteiger partial charge in [0.25, 0.3) is 0 Å². The highest BCUT2D eigenvalue weighted by Gasteiger charge is 2.19. The Kier molecular flexibility index (Phi) is 6.60. The van der Waals surface area contributed by atoms with Crippen LogP contribution < -0.4 is 0 Å². The van der Waals surface area contributed by atoms with Gasteiger partial charge in [0.2, 0.25) is 0 Å². The van der Waals surface area contributed by atoms with Crippen molar-refractivity contribution in [3.05, 3.63) is 200 Å². The quantitative estimate of drug-likeness (QED) is 0.170. The molecule has 0 fully saturated rings. The molecular weight excluding hydrogens is 723 g/mol. The van der Waals surface area contributed by atoms with Crippen LogP contribution in [0.1, 0.15) is 0 Å². The average Bonchev–Trinajstić information content (AvgIpc) is 4.02. The molecular formula is C54H33N3S. The van der Waals surface area contributed by atoms with E-state index in [1.54, 1.807) is 0 Å². The summed E-state index contributed by atoms with van der Waals surface area (Å²) in [5, 5.41) is 10.1. The van der Waals surface area contributed by atoms with Crippen LogP contribution in [0, 0.1) is 0 Å². The Balaban J connectivity index is 1.09. The molecule has 0 saturated carbocycles. The van der Waals surface area contributed by atoms with Crippen LogP contribution >= 0.6 is 11.3 Å². The van der Waals surface area contributed by atoms with E-state index < -0.39 is 0 Å². The highest BCUT2D eigenvalue weighted by Crippen LogP contribution is 2.42. The lowest BCUT2D eigenvalue weighted by molar-refractivity contribution is 1.16. The summed E-state index contributed by atoms with van der Waals surface area (Å²) in [7, 11) is 0. The van der Waals surface area contributed by atoms with Gasteiger partial charge in [-0.05, 0) is 102 Å². The van der Waals surface area contributed by atoms with E-state index in [2.05, 4.69) is 214 Å². The number of thiophene rings is 1. The van der Waals surface area contributed by atoms with Gasteiger partial charge in [0.1, 0.15) is 0 Å². The molecule has 0 aliphatic carbocycles. The zero-order valence-electron chi connectivity index (χ0n) is 31.3. The third kappa shape index (κ3) is 4.49. The van der Waals surface area contributed by atoms with Crippen LogP contribution in [0.3, 0.4) is 0 Å². The Morgan fingerprint density at radius 1 is 0.241 bits per heavy atom. The van der Waals surface area contributed by atoms with Gasteiger partial charge in [-0.15, -0.1) is 11.3 Å². The first-order valence-corrected chi connectivity index (χ1v) is 20.7. The predicted molar refractivity (Wildman–Crippen MR) is 248 cm³/mol. The summed E-state index contributed by atoms with van der Waals surface area (Å²) in [6, 6.07) is 73.8. The molecule has 0 saturated heterocycles. The first kappa shape index (κ1) is 31.8. The normalized spacial score (nSPS) is 12.1. The molecule has 9 aromatic carbocycles. The molecule has 13 rings (SSSR count). The Morgan fingerprint density at radius 3 is 1.09 bits per heavy atom. The van der Waals surface area contributed by atoms with Crippen molar-refractivity contribution in [2.45, 2.75) is 0 Å². The molecule has 4 heterocycles. The standard InChI is InChI=1S/C54H33N3S/c1-2-12-34(13-3-1)35-22-28-53-45(30-35)46-33-38(25-29-54(46)58-53)57-51-26-23-36(55-47-18-8-4-14-39(47)40-15-5-9-19-48(40)55)31-43(51)44-32-37(24-27-52(44)57)56-49-20-10-6-16-41(49)42-17-7-11-21-50(42)56/h1-33H. The molecule has 0 N–H and O–H groups in total. The lowest BCUT2D eigenvalue weighted by atomic mass is 10.0. The molecule has 0 bridgehead atoms. The van der Waals surface area contributed by atoms with Crippen molar-refractivity contribution in [3.8, 4) is 28.2 Å². The van der Waals surface area contributed by atoms with Crippen LogP contribution in [0.5, 0.6) is 0 Å². The van der Waals surface area contributed by atoms with E-state index in [-0.39, 0.29) is 0 Å². The third-order valence-electron chi connectivity index (χ3n) is 12.2. The van der Waals surface area contributed by atoms with Crippen LogP contribution in [-0.2, 0) is 0 Å². The van der Waals surface area contributed by atoms with Crippen LogP contribution in [0.4, 0.5) is 0 Å². The van der Waals surface area contributed by atoms with Gasteiger partial charge < -0.3 is 13.7 Å².